The van der Waals surface area contributed by atoms with Crippen LogP contribution in [-0.4, -0.2) is 23.1 Å². The van der Waals surface area contributed by atoms with E-state index in [0.717, 1.165) is 42.5 Å². The molecule has 0 aliphatic carbocycles. The van der Waals surface area contributed by atoms with E-state index in [0.29, 0.717) is 13.2 Å². The van der Waals surface area contributed by atoms with Crippen molar-refractivity contribution in [2.45, 2.75) is 32.5 Å². The van der Waals surface area contributed by atoms with Gasteiger partial charge in [0.1, 0.15) is 5.82 Å². The van der Waals surface area contributed by atoms with Crippen LogP contribution in [0, 0.1) is 5.92 Å². The average Bonchev–Trinajstić information content (AvgIpc) is 2.77. The van der Waals surface area contributed by atoms with Crippen LogP contribution in [0.5, 0.6) is 0 Å². The summed E-state index contributed by atoms with van der Waals surface area (Å²) in [5.74, 6) is 1.75. The molecule has 1 saturated heterocycles. The lowest BCUT2D eigenvalue weighted by atomic mass is 9.94. The minimum atomic E-state index is 0.664. The van der Waals surface area contributed by atoms with E-state index >= 15 is 0 Å². The molecule has 3 rings (SSSR count). The Hall–Kier alpha value is -1.00. The van der Waals surface area contributed by atoms with Gasteiger partial charge >= 0.3 is 0 Å². The van der Waals surface area contributed by atoms with Gasteiger partial charge in [-0.05, 0) is 31.8 Å². The van der Waals surface area contributed by atoms with Crippen molar-refractivity contribution >= 4 is 0 Å². The van der Waals surface area contributed by atoms with Crippen LogP contribution in [0.15, 0.2) is 6.20 Å². The normalized spacial score (nSPS) is 21.0. The number of nitrogens with zero attached hydrogens (tertiary/aromatic N) is 2. The van der Waals surface area contributed by atoms with E-state index in [1.807, 2.05) is 6.20 Å². The lowest BCUT2D eigenvalue weighted by molar-refractivity contribution is 0.133. The SMILES string of the molecule is c1nc(CC2CCNCC2)nc2c1COC2. The van der Waals surface area contributed by atoms with E-state index in [2.05, 4.69) is 15.3 Å². The highest BCUT2D eigenvalue weighted by atomic mass is 16.5. The highest BCUT2D eigenvalue weighted by Gasteiger charge is 2.18. The fourth-order valence-corrected chi connectivity index (χ4v) is 2.43. The quantitative estimate of drug-likeness (QED) is 0.807. The van der Waals surface area contributed by atoms with Crippen molar-refractivity contribution < 1.29 is 4.74 Å². The molecular weight excluding hydrogens is 202 g/mol. The van der Waals surface area contributed by atoms with Crippen LogP contribution in [0.1, 0.15) is 29.9 Å². The van der Waals surface area contributed by atoms with E-state index in [4.69, 9.17) is 4.74 Å². The maximum atomic E-state index is 5.35. The van der Waals surface area contributed by atoms with E-state index in [1.54, 1.807) is 0 Å². The lowest BCUT2D eigenvalue weighted by Gasteiger charge is -2.21. The first-order valence-electron chi connectivity index (χ1n) is 6.04. The Bertz CT molecular complexity index is 375. The monoisotopic (exact) mass is 219 g/mol. The van der Waals surface area contributed by atoms with Gasteiger partial charge in [-0.25, -0.2) is 9.97 Å². The lowest BCUT2D eigenvalue weighted by Crippen LogP contribution is -2.29. The van der Waals surface area contributed by atoms with E-state index in [9.17, 15) is 0 Å². The van der Waals surface area contributed by atoms with Crippen molar-refractivity contribution in [2.75, 3.05) is 13.1 Å². The number of aromatic nitrogens is 2. The number of hydrogen-bond donors (Lipinski definition) is 1. The maximum absolute atomic E-state index is 5.35. The molecule has 0 spiro atoms. The number of ether oxygens (including phenoxy) is 1. The van der Waals surface area contributed by atoms with Gasteiger partial charge in [0.2, 0.25) is 0 Å². The number of piperidine rings is 1. The Balaban J connectivity index is 1.69. The third-order valence-corrected chi connectivity index (χ3v) is 3.43. The Morgan fingerprint density at radius 1 is 1.31 bits per heavy atom. The van der Waals surface area contributed by atoms with Crippen molar-refractivity contribution in [1.29, 1.82) is 0 Å². The van der Waals surface area contributed by atoms with Gasteiger partial charge in [-0.1, -0.05) is 0 Å². The zero-order valence-corrected chi connectivity index (χ0v) is 9.41. The second kappa shape index (κ2) is 4.47. The smallest absolute Gasteiger partial charge is 0.128 e. The summed E-state index contributed by atoms with van der Waals surface area (Å²) in [6.07, 6.45) is 5.45. The predicted octanol–water partition coefficient (Wildman–Crippen LogP) is 1.05. The first kappa shape index (κ1) is 10.2. The van der Waals surface area contributed by atoms with Crippen molar-refractivity contribution in [2.24, 2.45) is 5.92 Å². The molecule has 3 heterocycles. The molecule has 0 aromatic carbocycles. The summed E-state index contributed by atoms with van der Waals surface area (Å²) in [4.78, 5) is 9.02. The van der Waals surface area contributed by atoms with E-state index in [1.165, 1.54) is 12.8 Å². The molecule has 2 aliphatic rings. The van der Waals surface area contributed by atoms with Gasteiger partial charge in [0.25, 0.3) is 0 Å². The predicted molar refractivity (Wildman–Crippen MR) is 59.8 cm³/mol. The van der Waals surface area contributed by atoms with Crippen LogP contribution >= 0.6 is 0 Å². The molecule has 86 valence electrons. The molecule has 0 unspecified atom stereocenters. The molecule has 4 nitrogen and oxygen atoms in total. The minimum Gasteiger partial charge on any atom is -0.370 e. The second-order valence-electron chi connectivity index (χ2n) is 4.65. The van der Waals surface area contributed by atoms with Gasteiger partial charge in [0, 0.05) is 18.2 Å². The molecule has 4 heteroatoms. The number of rotatable bonds is 2. The molecule has 2 aliphatic heterocycles. The van der Waals surface area contributed by atoms with Crippen LogP contribution in [0.4, 0.5) is 0 Å². The Morgan fingerprint density at radius 3 is 3.06 bits per heavy atom. The molecule has 0 radical (unpaired) electrons. The summed E-state index contributed by atoms with van der Waals surface area (Å²) in [6.45, 7) is 3.62. The fourth-order valence-electron chi connectivity index (χ4n) is 2.43. The first-order valence-corrected chi connectivity index (χ1v) is 6.04. The van der Waals surface area contributed by atoms with Crippen LogP contribution in [0.2, 0.25) is 0 Å². The summed E-state index contributed by atoms with van der Waals surface area (Å²) in [7, 11) is 0. The Labute approximate surface area is 95.4 Å². The third kappa shape index (κ3) is 2.08. The molecule has 1 fully saturated rings. The van der Waals surface area contributed by atoms with Crippen LogP contribution in [-0.2, 0) is 24.4 Å². The summed E-state index contributed by atoms with van der Waals surface area (Å²) >= 11 is 0. The van der Waals surface area contributed by atoms with Crippen molar-refractivity contribution in [1.82, 2.24) is 15.3 Å². The Kier molecular flexibility index (Phi) is 2.84. The topological polar surface area (TPSA) is 47.0 Å². The van der Waals surface area contributed by atoms with Gasteiger partial charge in [-0.15, -0.1) is 0 Å². The maximum Gasteiger partial charge on any atom is 0.128 e. The first-order chi connectivity index (χ1) is 7.92. The molecule has 16 heavy (non-hydrogen) atoms. The summed E-state index contributed by atoms with van der Waals surface area (Å²) < 4.78 is 5.35. The van der Waals surface area contributed by atoms with Crippen LogP contribution in [0.25, 0.3) is 0 Å². The van der Waals surface area contributed by atoms with Crippen molar-refractivity contribution in [3.63, 3.8) is 0 Å². The highest BCUT2D eigenvalue weighted by Crippen LogP contribution is 2.19. The molecule has 0 atom stereocenters. The molecular formula is C12H17N3O. The van der Waals surface area contributed by atoms with Gasteiger partial charge in [0.05, 0.1) is 18.9 Å². The van der Waals surface area contributed by atoms with Gasteiger partial charge in [-0.3, -0.25) is 0 Å². The van der Waals surface area contributed by atoms with Crippen molar-refractivity contribution in [3.8, 4) is 0 Å². The molecule has 1 aromatic heterocycles. The number of fused-ring (bicyclic) bond motifs is 1. The Morgan fingerprint density at radius 2 is 2.19 bits per heavy atom. The van der Waals surface area contributed by atoms with Crippen molar-refractivity contribution in [3.05, 3.63) is 23.3 Å². The van der Waals surface area contributed by atoms with Gasteiger partial charge < -0.3 is 10.1 Å². The fraction of sp³-hybridized carbons (Fsp3) is 0.667. The van der Waals surface area contributed by atoms with Gasteiger partial charge in [-0.2, -0.15) is 0 Å². The van der Waals surface area contributed by atoms with Crippen LogP contribution in [0.3, 0.4) is 0 Å². The number of hydrogen-bond acceptors (Lipinski definition) is 4. The molecule has 1 aromatic rings. The third-order valence-electron chi connectivity index (χ3n) is 3.43. The van der Waals surface area contributed by atoms with E-state index in [-0.39, 0.29) is 0 Å². The molecule has 0 amide bonds. The second-order valence-corrected chi connectivity index (χ2v) is 4.65. The average molecular weight is 219 g/mol. The summed E-state index contributed by atoms with van der Waals surface area (Å²) in [5, 5.41) is 3.38. The zero-order chi connectivity index (χ0) is 10.8. The summed E-state index contributed by atoms with van der Waals surface area (Å²) in [6, 6.07) is 0. The molecule has 0 bridgehead atoms. The molecule has 0 saturated carbocycles. The highest BCUT2D eigenvalue weighted by molar-refractivity contribution is 5.19. The molecule has 1 N–H and O–H groups in total. The standard InChI is InChI=1S/C12H17N3O/c1-3-13-4-2-9(1)5-12-14-6-10-7-16-8-11(10)15-12/h6,9,13H,1-5,7-8H2. The number of nitrogens with one attached hydrogen (secondary N) is 1. The largest absolute Gasteiger partial charge is 0.370 e. The van der Waals surface area contributed by atoms with Crippen LogP contribution < -0.4 is 5.32 Å². The van der Waals surface area contributed by atoms with E-state index < -0.39 is 0 Å². The minimum absolute atomic E-state index is 0.664. The summed E-state index contributed by atoms with van der Waals surface area (Å²) in [5.41, 5.74) is 2.26. The van der Waals surface area contributed by atoms with Gasteiger partial charge in [0.15, 0.2) is 0 Å². The zero-order valence-electron chi connectivity index (χ0n) is 9.41.